The van der Waals surface area contributed by atoms with Gasteiger partial charge < -0.3 is 14.7 Å². The van der Waals surface area contributed by atoms with Gasteiger partial charge in [0.2, 0.25) is 0 Å². The molecular formula is C15H22N2OS. The van der Waals surface area contributed by atoms with Gasteiger partial charge in [-0.25, -0.2) is 0 Å². The second-order valence-corrected chi connectivity index (χ2v) is 5.31. The molecule has 0 aliphatic heterocycles. The Morgan fingerprint density at radius 3 is 2.58 bits per heavy atom. The lowest BCUT2D eigenvalue weighted by atomic mass is 10.1. The molecule has 2 rings (SSSR count). The third kappa shape index (κ3) is 4.39. The van der Waals surface area contributed by atoms with E-state index in [1.807, 2.05) is 18.2 Å². The van der Waals surface area contributed by atoms with Gasteiger partial charge in [0, 0.05) is 6.07 Å². The van der Waals surface area contributed by atoms with Gasteiger partial charge in [0.1, 0.15) is 5.75 Å². The minimum absolute atomic E-state index is 0.656. The van der Waals surface area contributed by atoms with Gasteiger partial charge in [-0.05, 0) is 30.8 Å². The van der Waals surface area contributed by atoms with Crippen LogP contribution in [0.15, 0.2) is 18.2 Å². The SMILES string of the molecule is CCCCCCCCOc1ccc2[nH]c(=S)[nH]c2c1. The standard InChI is InChI=1S/C15H22N2OS/c1-2-3-4-5-6-7-10-18-12-8-9-13-14(11-12)17-15(19)16-13/h8-9,11H,2-7,10H2,1H3,(H2,16,17,19). The molecule has 104 valence electrons. The molecule has 0 saturated carbocycles. The van der Waals surface area contributed by atoms with E-state index in [1.54, 1.807) is 0 Å². The van der Waals surface area contributed by atoms with Crippen LogP contribution in [-0.4, -0.2) is 16.6 Å². The Morgan fingerprint density at radius 1 is 1.00 bits per heavy atom. The van der Waals surface area contributed by atoms with Crippen molar-refractivity contribution >= 4 is 23.3 Å². The normalized spacial score (nSPS) is 11.0. The van der Waals surface area contributed by atoms with Gasteiger partial charge in [-0.3, -0.25) is 0 Å². The first-order valence-corrected chi connectivity index (χ1v) is 7.55. The lowest BCUT2D eigenvalue weighted by Crippen LogP contribution is -1.97. The fourth-order valence-electron chi connectivity index (χ4n) is 2.17. The molecule has 0 fully saturated rings. The number of aromatic nitrogens is 2. The van der Waals surface area contributed by atoms with E-state index in [1.165, 1.54) is 32.1 Å². The number of nitrogens with one attached hydrogen (secondary N) is 2. The summed E-state index contributed by atoms with van der Waals surface area (Å²) in [4.78, 5) is 6.19. The fraction of sp³-hybridized carbons (Fsp3) is 0.533. The lowest BCUT2D eigenvalue weighted by molar-refractivity contribution is 0.304. The molecule has 2 N–H and O–H groups in total. The van der Waals surface area contributed by atoms with Gasteiger partial charge in [0.05, 0.1) is 17.6 Å². The number of unbranched alkanes of at least 4 members (excludes halogenated alkanes) is 5. The molecule has 0 unspecified atom stereocenters. The Kier molecular flexibility index (Phi) is 5.45. The average Bonchev–Trinajstić information content (AvgIpc) is 2.77. The number of rotatable bonds is 8. The van der Waals surface area contributed by atoms with Gasteiger partial charge in [-0.1, -0.05) is 39.0 Å². The second kappa shape index (κ2) is 7.34. The molecule has 0 spiro atoms. The summed E-state index contributed by atoms with van der Waals surface area (Å²) in [5, 5.41) is 0. The average molecular weight is 278 g/mol. The maximum absolute atomic E-state index is 5.76. The summed E-state index contributed by atoms with van der Waals surface area (Å²) in [6, 6.07) is 5.98. The molecule has 2 aromatic rings. The molecule has 1 heterocycles. The van der Waals surface area contributed by atoms with E-state index in [2.05, 4.69) is 16.9 Å². The monoisotopic (exact) mass is 278 g/mol. The number of aromatic amines is 2. The molecule has 0 bridgehead atoms. The summed E-state index contributed by atoms with van der Waals surface area (Å²) in [6.45, 7) is 3.04. The van der Waals surface area contributed by atoms with Gasteiger partial charge in [0.25, 0.3) is 0 Å². The summed E-state index contributed by atoms with van der Waals surface area (Å²) < 4.78 is 6.42. The Hall–Kier alpha value is -1.29. The largest absolute Gasteiger partial charge is 0.494 e. The molecule has 0 aliphatic carbocycles. The summed E-state index contributed by atoms with van der Waals surface area (Å²) in [7, 11) is 0. The zero-order valence-electron chi connectivity index (χ0n) is 11.5. The molecule has 1 aromatic heterocycles. The molecule has 4 heteroatoms. The van der Waals surface area contributed by atoms with Gasteiger partial charge in [-0.2, -0.15) is 0 Å². The number of imidazole rings is 1. The Bertz CT molecular complexity index is 559. The van der Waals surface area contributed by atoms with Crippen molar-refractivity contribution < 1.29 is 4.74 Å². The van der Waals surface area contributed by atoms with Crippen LogP contribution < -0.4 is 4.74 Å². The van der Waals surface area contributed by atoms with E-state index < -0.39 is 0 Å². The highest BCUT2D eigenvalue weighted by Gasteiger charge is 1.99. The van der Waals surface area contributed by atoms with Crippen LogP contribution in [0.2, 0.25) is 0 Å². The smallest absolute Gasteiger partial charge is 0.175 e. The van der Waals surface area contributed by atoms with Crippen molar-refractivity contribution in [2.75, 3.05) is 6.61 Å². The Morgan fingerprint density at radius 2 is 1.74 bits per heavy atom. The van der Waals surface area contributed by atoms with Crippen molar-refractivity contribution in [2.24, 2.45) is 0 Å². The molecule has 19 heavy (non-hydrogen) atoms. The van der Waals surface area contributed by atoms with E-state index >= 15 is 0 Å². The minimum atomic E-state index is 0.656. The van der Waals surface area contributed by atoms with Crippen LogP contribution in [0.4, 0.5) is 0 Å². The van der Waals surface area contributed by atoms with Crippen LogP contribution in [0.1, 0.15) is 45.4 Å². The van der Waals surface area contributed by atoms with Gasteiger partial charge in [0.15, 0.2) is 4.77 Å². The van der Waals surface area contributed by atoms with Crippen LogP contribution in [0.5, 0.6) is 5.75 Å². The highest BCUT2D eigenvalue weighted by molar-refractivity contribution is 7.71. The highest BCUT2D eigenvalue weighted by atomic mass is 32.1. The molecule has 0 saturated heterocycles. The molecule has 1 aromatic carbocycles. The first-order valence-electron chi connectivity index (χ1n) is 7.14. The van der Waals surface area contributed by atoms with Crippen molar-refractivity contribution in [3.63, 3.8) is 0 Å². The zero-order chi connectivity index (χ0) is 13.5. The topological polar surface area (TPSA) is 40.8 Å². The van der Waals surface area contributed by atoms with Gasteiger partial charge in [-0.15, -0.1) is 0 Å². The number of benzene rings is 1. The summed E-state index contributed by atoms with van der Waals surface area (Å²) in [5.41, 5.74) is 2.03. The zero-order valence-corrected chi connectivity index (χ0v) is 12.3. The molecular weight excluding hydrogens is 256 g/mol. The summed E-state index contributed by atoms with van der Waals surface area (Å²) in [6.07, 6.45) is 7.71. The number of hydrogen-bond acceptors (Lipinski definition) is 2. The molecule has 0 atom stereocenters. The molecule has 0 radical (unpaired) electrons. The second-order valence-electron chi connectivity index (χ2n) is 4.90. The number of fused-ring (bicyclic) bond motifs is 1. The minimum Gasteiger partial charge on any atom is -0.494 e. The van der Waals surface area contributed by atoms with E-state index in [0.29, 0.717) is 4.77 Å². The third-order valence-electron chi connectivity index (χ3n) is 3.25. The summed E-state index contributed by atoms with van der Waals surface area (Å²) >= 11 is 5.06. The van der Waals surface area contributed by atoms with Crippen LogP contribution in [0.25, 0.3) is 11.0 Å². The van der Waals surface area contributed by atoms with E-state index in [-0.39, 0.29) is 0 Å². The van der Waals surface area contributed by atoms with Crippen molar-refractivity contribution in [3.05, 3.63) is 23.0 Å². The first-order chi connectivity index (χ1) is 9.29. The van der Waals surface area contributed by atoms with Crippen LogP contribution in [0, 0.1) is 4.77 Å². The molecule has 0 aliphatic rings. The number of H-pyrrole nitrogens is 2. The van der Waals surface area contributed by atoms with Crippen molar-refractivity contribution in [1.82, 2.24) is 9.97 Å². The van der Waals surface area contributed by atoms with Crippen molar-refractivity contribution in [3.8, 4) is 5.75 Å². The summed E-state index contributed by atoms with van der Waals surface area (Å²) in [5.74, 6) is 0.909. The van der Waals surface area contributed by atoms with Crippen LogP contribution in [-0.2, 0) is 0 Å². The maximum atomic E-state index is 5.76. The maximum Gasteiger partial charge on any atom is 0.175 e. The quantitative estimate of drug-likeness (QED) is 0.529. The number of hydrogen-bond donors (Lipinski definition) is 2. The van der Waals surface area contributed by atoms with E-state index in [4.69, 9.17) is 17.0 Å². The predicted octanol–water partition coefficient (Wildman–Crippen LogP) is 4.96. The predicted molar refractivity (Wildman–Crippen MR) is 82.4 cm³/mol. The highest BCUT2D eigenvalue weighted by Crippen LogP contribution is 2.18. The molecule has 3 nitrogen and oxygen atoms in total. The third-order valence-corrected chi connectivity index (χ3v) is 3.46. The van der Waals surface area contributed by atoms with Crippen molar-refractivity contribution in [1.29, 1.82) is 0 Å². The molecule has 0 amide bonds. The number of ether oxygens (including phenoxy) is 1. The van der Waals surface area contributed by atoms with E-state index in [9.17, 15) is 0 Å². The Labute approximate surface area is 119 Å². The van der Waals surface area contributed by atoms with Crippen molar-refractivity contribution in [2.45, 2.75) is 45.4 Å². The van der Waals surface area contributed by atoms with Crippen LogP contribution >= 0.6 is 12.2 Å². The fourth-order valence-corrected chi connectivity index (χ4v) is 2.39. The lowest BCUT2D eigenvalue weighted by Gasteiger charge is -2.06. The first kappa shape index (κ1) is 14.1. The Balaban J connectivity index is 1.74. The van der Waals surface area contributed by atoms with Crippen LogP contribution in [0.3, 0.4) is 0 Å². The van der Waals surface area contributed by atoms with Gasteiger partial charge >= 0.3 is 0 Å². The van der Waals surface area contributed by atoms with E-state index in [0.717, 1.165) is 29.8 Å².